The van der Waals surface area contributed by atoms with Gasteiger partial charge in [0.2, 0.25) is 0 Å². The first-order valence-electron chi connectivity index (χ1n) is 19.9. The summed E-state index contributed by atoms with van der Waals surface area (Å²) in [5.41, 5.74) is 0. The lowest BCUT2D eigenvalue weighted by atomic mass is 10.0. The fourth-order valence-corrected chi connectivity index (χ4v) is 5.98. The van der Waals surface area contributed by atoms with Crippen molar-refractivity contribution in [2.75, 3.05) is 39.5 Å². The molecule has 0 aliphatic rings. The molecule has 0 heterocycles. The number of phosphoric ester groups is 2. The van der Waals surface area contributed by atoms with Crippen molar-refractivity contribution in [3.05, 3.63) is 0 Å². The Hall–Kier alpha value is 0.100. The lowest BCUT2D eigenvalue weighted by Gasteiger charge is -2.05. The van der Waals surface area contributed by atoms with E-state index >= 15 is 0 Å². The molecule has 0 aliphatic carbocycles. The van der Waals surface area contributed by atoms with Gasteiger partial charge in [-0.1, -0.05) is 181 Å². The maximum Gasteiger partial charge on any atom is 0.469 e. The Kier molecular flexibility index (Phi) is 48.3. The summed E-state index contributed by atoms with van der Waals surface area (Å²) in [5, 5.41) is 19.1. The summed E-state index contributed by atoms with van der Waals surface area (Å²) in [5.74, 6) is 0. The molecule has 0 fully saturated rings. The van der Waals surface area contributed by atoms with Crippen LogP contribution in [0.25, 0.3) is 0 Å². The smallest absolute Gasteiger partial charge is 0.395 e. The number of phosphoric acid groups is 2. The molecule has 0 spiro atoms. The van der Waals surface area contributed by atoms with E-state index in [0.717, 1.165) is 38.5 Å². The Morgan fingerprint density at radius 3 is 0.776 bits per heavy atom. The summed E-state index contributed by atoms with van der Waals surface area (Å²) >= 11 is 0. The average Bonchev–Trinajstić information content (AvgIpc) is 3.04. The molecule has 0 saturated carbocycles. The van der Waals surface area contributed by atoms with Crippen molar-refractivity contribution in [1.82, 2.24) is 5.32 Å². The molecule has 0 aliphatic heterocycles. The Morgan fingerprint density at radius 1 is 0.388 bits per heavy atom. The molecule has 7 N–H and O–H groups in total. The molecule has 0 unspecified atom stereocenters. The molecule has 0 amide bonds. The van der Waals surface area contributed by atoms with Gasteiger partial charge >= 0.3 is 15.6 Å². The highest BCUT2D eigenvalue weighted by Crippen LogP contribution is 2.36. The number of aliphatic hydroxyl groups is 2. The van der Waals surface area contributed by atoms with Gasteiger partial charge in [-0.3, -0.25) is 9.05 Å². The zero-order valence-corrected chi connectivity index (χ0v) is 33.5. The molecule has 11 nitrogen and oxygen atoms in total. The van der Waals surface area contributed by atoms with Crippen LogP contribution in [-0.2, 0) is 18.2 Å². The number of hydrogen-bond donors (Lipinski definition) is 7. The van der Waals surface area contributed by atoms with E-state index in [9.17, 15) is 9.13 Å². The maximum atomic E-state index is 10.4. The SMILES string of the molecule is CCCCCCCCCCCCCCCCOP(=O)(O)O.CCCCCCCCCCCCCCCCOP(=O)(O)O.OCCNCCO. The minimum atomic E-state index is -4.25. The molecular formula is C36H81NO10P2. The lowest BCUT2D eigenvalue weighted by molar-refractivity contribution is 0.191. The second-order valence-corrected chi connectivity index (χ2v) is 15.5. The lowest BCUT2D eigenvalue weighted by Crippen LogP contribution is -2.21. The number of nitrogens with one attached hydrogen (secondary N) is 1. The predicted octanol–water partition coefficient (Wildman–Crippen LogP) is 9.71. The van der Waals surface area contributed by atoms with Crippen molar-refractivity contribution in [2.45, 2.75) is 194 Å². The zero-order chi connectivity index (χ0) is 37.2. The van der Waals surface area contributed by atoms with Gasteiger partial charge in [0, 0.05) is 13.1 Å². The molecule has 0 rings (SSSR count). The van der Waals surface area contributed by atoms with E-state index in [4.69, 9.17) is 29.8 Å². The van der Waals surface area contributed by atoms with Crippen molar-refractivity contribution in [3.63, 3.8) is 0 Å². The van der Waals surface area contributed by atoms with Gasteiger partial charge in [-0.05, 0) is 12.8 Å². The largest absolute Gasteiger partial charge is 0.469 e. The number of unbranched alkanes of at least 4 members (excludes halogenated alkanes) is 26. The highest BCUT2D eigenvalue weighted by molar-refractivity contribution is 7.46. The van der Waals surface area contributed by atoms with Crippen molar-refractivity contribution < 1.29 is 48.0 Å². The van der Waals surface area contributed by atoms with E-state index in [1.807, 2.05) is 0 Å². The van der Waals surface area contributed by atoms with Gasteiger partial charge in [0.1, 0.15) is 0 Å². The molecule has 0 radical (unpaired) electrons. The number of rotatable bonds is 36. The van der Waals surface area contributed by atoms with Gasteiger partial charge in [-0.25, -0.2) is 9.13 Å². The molecule has 0 atom stereocenters. The fourth-order valence-electron chi connectivity index (χ4n) is 5.24. The third kappa shape index (κ3) is 63.6. The van der Waals surface area contributed by atoms with Crippen LogP contribution in [0.1, 0.15) is 194 Å². The van der Waals surface area contributed by atoms with Gasteiger partial charge in [0.25, 0.3) is 0 Å². The quantitative estimate of drug-likeness (QED) is 0.0239. The molecule has 0 aromatic heterocycles. The molecule has 0 saturated heterocycles. The first-order chi connectivity index (χ1) is 23.5. The highest BCUT2D eigenvalue weighted by atomic mass is 31.2. The molecule has 0 bridgehead atoms. The molecule has 0 aromatic rings. The van der Waals surface area contributed by atoms with Crippen LogP contribution in [-0.4, -0.2) is 69.3 Å². The third-order valence-corrected chi connectivity index (χ3v) is 9.13. The average molecular weight is 750 g/mol. The van der Waals surface area contributed by atoms with Gasteiger partial charge in [0.05, 0.1) is 26.4 Å². The summed E-state index contributed by atoms with van der Waals surface area (Å²) in [6, 6.07) is 0. The zero-order valence-electron chi connectivity index (χ0n) is 31.8. The third-order valence-electron chi connectivity index (χ3n) is 8.09. The van der Waals surface area contributed by atoms with Crippen molar-refractivity contribution in [3.8, 4) is 0 Å². The summed E-state index contributed by atoms with van der Waals surface area (Å²) in [7, 11) is -8.50. The van der Waals surface area contributed by atoms with E-state index in [-0.39, 0.29) is 26.4 Å². The first-order valence-corrected chi connectivity index (χ1v) is 22.9. The standard InChI is InChI=1S/2C16H35O4P.C4H11NO2/c2*1-2-3-4-5-6-7-8-9-10-11-12-13-14-15-16-20-21(17,18)19;6-3-1-5-2-4-7/h2*2-16H2,1H3,(H2,17,18,19);5-7H,1-4H2. The molecule has 300 valence electrons. The Morgan fingerprint density at radius 2 is 0.592 bits per heavy atom. The Labute approximate surface area is 301 Å². The second kappa shape index (κ2) is 44.3. The van der Waals surface area contributed by atoms with Crippen molar-refractivity contribution >= 4 is 15.6 Å². The Bertz CT molecular complexity index is 639. The van der Waals surface area contributed by atoms with Crippen LogP contribution < -0.4 is 5.32 Å². The summed E-state index contributed by atoms with van der Waals surface area (Å²) < 4.78 is 29.7. The fraction of sp³-hybridized carbons (Fsp3) is 1.00. The minimum absolute atomic E-state index is 0.139. The number of aliphatic hydroxyl groups excluding tert-OH is 2. The Balaban J connectivity index is -0.000000723. The van der Waals surface area contributed by atoms with Gasteiger partial charge in [-0.15, -0.1) is 0 Å². The minimum Gasteiger partial charge on any atom is -0.395 e. The first kappa shape index (κ1) is 53.5. The van der Waals surface area contributed by atoms with Gasteiger partial charge < -0.3 is 35.1 Å². The van der Waals surface area contributed by atoms with E-state index in [1.54, 1.807) is 0 Å². The summed E-state index contributed by atoms with van der Waals surface area (Å²) in [6.45, 7) is 6.27. The summed E-state index contributed by atoms with van der Waals surface area (Å²) in [6.07, 6.45) is 35.5. The van der Waals surface area contributed by atoms with E-state index in [2.05, 4.69) is 28.2 Å². The highest BCUT2D eigenvalue weighted by Gasteiger charge is 2.13. The molecular weight excluding hydrogens is 668 g/mol. The van der Waals surface area contributed by atoms with Crippen molar-refractivity contribution in [1.29, 1.82) is 0 Å². The normalized spacial score (nSPS) is 11.6. The summed E-state index contributed by atoms with van der Waals surface area (Å²) in [4.78, 5) is 34.0. The van der Waals surface area contributed by atoms with Crippen LogP contribution in [0.5, 0.6) is 0 Å². The van der Waals surface area contributed by atoms with E-state index in [0.29, 0.717) is 13.1 Å². The van der Waals surface area contributed by atoms with Crippen molar-refractivity contribution in [2.24, 2.45) is 0 Å². The number of hydrogen-bond acceptors (Lipinski definition) is 7. The van der Waals surface area contributed by atoms with Gasteiger partial charge in [-0.2, -0.15) is 0 Å². The predicted molar refractivity (Wildman–Crippen MR) is 204 cm³/mol. The van der Waals surface area contributed by atoms with Crippen LogP contribution in [0.3, 0.4) is 0 Å². The molecule has 13 heteroatoms. The monoisotopic (exact) mass is 750 g/mol. The van der Waals surface area contributed by atoms with Crippen LogP contribution in [0, 0.1) is 0 Å². The van der Waals surface area contributed by atoms with Crippen LogP contribution in [0.15, 0.2) is 0 Å². The van der Waals surface area contributed by atoms with Crippen LogP contribution >= 0.6 is 15.6 Å². The van der Waals surface area contributed by atoms with Crippen LogP contribution in [0.4, 0.5) is 0 Å². The topological polar surface area (TPSA) is 186 Å². The second-order valence-electron chi connectivity index (χ2n) is 13.0. The molecule has 0 aromatic carbocycles. The molecule has 49 heavy (non-hydrogen) atoms. The van der Waals surface area contributed by atoms with E-state index in [1.165, 1.54) is 141 Å². The maximum absolute atomic E-state index is 10.4. The van der Waals surface area contributed by atoms with E-state index < -0.39 is 15.6 Å². The van der Waals surface area contributed by atoms with Gasteiger partial charge in [0.15, 0.2) is 0 Å². The van der Waals surface area contributed by atoms with Crippen LogP contribution in [0.2, 0.25) is 0 Å².